The summed E-state index contributed by atoms with van der Waals surface area (Å²) in [6, 6.07) is -0.896. The topological polar surface area (TPSA) is 70.4 Å². The molecule has 2 amide bonds. The quantitative estimate of drug-likeness (QED) is 0.833. The van der Waals surface area contributed by atoms with Gasteiger partial charge in [-0.15, -0.1) is 0 Å². The molecule has 1 aromatic heterocycles. The Hall–Kier alpha value is -1.77. The van der Waals surface area contributed by atoms with Gasteiger partial charge in [0, 0.05) is 13.1 Å². The molecule has 3 heterocycles. The fraction of sp³-hybridized carbons (Fsp3) is 0.667. The van der Waals surface area contributed by atoms with Gasteiger partial charge in [0.1, 0.15) is 6.26 Å². The molecule has 1 unspecified atom stereocenters. The molecular formula is C12H15F3N4O2. The number of likely N-dealkylation sites (tertiary alicyclic amines) is 1. The minimum Gasteiger partial charge on any atom is -0.431 e. The molecule has 1 spiro atoms. The number of hydrogen-bond donors (Lipinski definition) is 2. The third kappa shape index (κ3) is 2.57. The molecular weight excluding hydrogens is 289 g/mol. The Kier molecular flexibility index (Phi) is 3.31. The van der Waals surface area contributed by atoms with Gasteiger partial charge in [-0.05, 0) is 25.8 Å². The maximum absolute atomic E-state index is 12.4. The van der Waals surface area contributed by atoms with Crippen molar-refractivity contribution in [2.24, 2.45) is 0 Å². The summed E-state index contributed by atoms with van der Waals surface area (Å²) in [6.45, 7) is 2.13. The number of nitrogens with one attached hydrogen (secondary N) is 2. The molecule has 0 aromatic carbocycles. The fourth-order valence-corrected chi connectivity index (χ4v) is 3.05. The molecule has 0 radical (unpaired) electrons. The molecule has 1 atom stereocenters. The standard InChI is InChI=1S/C12H15F3N4O2/c13-12(14,15)8-6-21-9(17-8)18-10(20)19-5-1-2-11(19)3-4-16-7-11/h6,16H,1-5,7H2,(H,17,18,20). The Balaban J connectivity index is 1.70. The van der Waals surface area contributed by atoms with Gasteiger partial charge in [0.05, 0.1) is 5.54 Å². The van der Waals surface area contributed by atoms with Crippen LogP contribution in [0.25, 0.3) is 0 Å². The van der Waals surface area contributed by atoms with Crippen LogP contribution in [-0.2, 0) is 6.18 Å². The Morgan fingerprint density at radius 1 is 1.48 bits per heavy atom. The molecule has 0 aliphatic carbocycles. The van der Waals surface area contributed by atoms with E-state index in [2.05, 4.69) is 20.0 Å². The van der Waals surface area contributed by atoms with E-state index in [1.807, 2.05) is 0 Å². The van der Waals surface area contributed by atoms with Gasteiger partial charge in [0.25, 0.3) is 0 Å². The summed E-state index contributed by atoms with van der Waals surface area (Å²) in [7, 11) is 0. The first kappa shape index (κ1) is 14.2. The van der Waals surface area contributed by atoms with Crippen molar-refractivity contribution in [2.45, 2.75) is 31.0 Å². The largest absolute Gasteiger partial charge is 0.436 e. The second-order valence-electron chi connectivity index (χ2n) is 5.37. The highest BCUT2D eigenvalue weighted by Gasteiger charge is 2.45. The van der Waals surface area contributed by atoms with E-state index in [4.69, 9.17) is 0 Å². The lowest BCUT2D eigenvalue weighted by molar-refractivity contribution is -0.141. The number of hydrogen-bond acceptors (Lipinski definition) is 4. The van der Waals surface area contributed by atoms with E-state index >= 15 is 0 Å². The minimum absolute atomic E-state index is 0.233. The third-order valence-corrected chi connectivity index (χ3v) is 4.07. The number of anilines is 1. The van der Waals surface area contributed by atoms with Gasteiger partial charge in [-0.2, -0.15) is 18.2 Å². The maximum Gasteiger partial charge on any atom is 0.436 e. The molecule has 116 valence electrons. The van der Waals surface area contributed by atoms with Crippen LogP contribution in [-0.4, -0.2) is 41.1 Å². The van der Waals surface area contributed by atoms with Crippen LogP contribution in [0, 0.1) is 0 Å². The van der Waals surface area contributed by atoms with Crippen molar-refractivity contribution < 1.29 is 22.4 Å². The number of amides is 2. The van der Waals surface area contributed by atoms with Gasteiger partial charge in [-0.1, -0.05) is 0 Å². The van der Waals surface area contributed by atoms with Crippen molar-refractivity contribution in [3.05, 3.63) is 12.0 Å². The molecule has 2 saturated heterocycles. The van der Waals surface area contributed by atoms with E-state index < -0.39 is 23.9 Å². The highest BCUT2D eigenvalue weighted by Crippen LogP contribution is 2.35. The molecule has 0 bridgehead atoms. The van der Waals surface area contributed by atoms with Crippen LogP contribution in [0.1, 0.15) is 25.0 Å². The highest BCUT2D eigenvalue weighted by molar-refractivity contribution is 5.88. The van der Waals surface area contributed by atoms with E-state index in [9.17, 15) is 18.0 Å². The molecule has 2 aliphatic rings. The summed E-state index contributed by atoms with van der Waals surface area (Å²) in [5, 5.41) is 5.53. The molecule has 21 heavy (non-hydrogen) atoms. The number of oxazole rings is 1. The first-order valence-electron chi connectivity index (χ1n) is 6.73. The second kappa shape index (κ2) is 4.90. The zero-order chi connectivity index (χ0) is 15.1. The highest BCUT2D eigenvalue weighted by atomic mass is 19.4. The predicted octanol–water partition coefficient (Wildman–Crippen LogP) is 2.05. The summed E-state index contributed by atoms with van der Waals surface area (Å²) in [5.74, 6) is 0. The molecule has 3 rings (SSSR count). The van der Waals surface area contributed by atoms with Crippen molar-refractivity contribution >= 4 is 12.0 Å². The van der Waals surface area contributed by atoms with E-state index in [0.29, 0.717) is 19.4 Å². The summed E-state index contributed by atoms with van der Waals surface area (Å²) in [5.41, 5.74) is -1.39. The van der Waals surface area contributed by atoms with Gasteiger partial charge in [-0.3, -0.25) is 5.32 Å². The molecule has 0 saturated carbocycles. The van der Waals surface area contributed by atoms with Gasteiger partial charge in [0.15, 0.2) is 5.69 Å². The number of nitrogens with zero attached hydrogens (tertiary/aromatic N) is 2. The van der Waals surface area contributed by atoms with Crippen molar-refractivity contribution in [3.63, 3.8) is 0 Å². The smallest absolute Gasteiger partial charge is 0.431 e. The van der Waals surface area contributed by atoms with Crippen LogP contribution in [0.5, 0.6) is 0 Å². The van der Waals surface area contributed by atoms with Gasteiger partial charge in [0.2, 0.25) is 0 Å². The van der Waals surface area contributed by atoms with Gasteiger partial charge >= 0.3 is 18.2 Å². The Bertz CT molecular complexity index is 531. The molecule has 9 heteroatoms. The maximum atomic E-state index is 12.4. The lowest BCUT2D eigenvalue weighted by Gasteiger charge is -2.33. The molecule has 2 aliphatic heterocycles. The number of carbonyl (C=O) groups is 1. The average Bonchev–Trinajstić information content (AvgIpc) is 3.11. The lowest BCUT2D eigenvalue weighted by Crippen LogP contribution is -2.50. The van der Waals surface area contributed by atoms with Crippen molar-refractivity contribution in [2.75, 3.05) is 25.0 Å². The van der Waals surface area contributed by atoms with Crippen LogP contribution in [0.4, 0.5) is 24.0 Å². The monoisotopic (exact) mass is 304 g/mol. The number of alkyl halides is 3. The fourth-order valence-electron chi connectivity index (χ4n) is 3.05. The van der Waals surface area contributed by atoms with Crippen molar-refractivity contribution in [1.82, 2.24) is 15.2 Å². The number of urea groups is 1. The van der Waals surface area contributed by atoms with E-state index in [1.54, 1.807) is 4.90 Å². The number of rotatable bonds is 1. The SMILES string of the molecule is O=C(Nc1nc(C(F)(F)F)co1)N1CCCC12CCNC2. The van der Waals surface area contributed by atoms with Crippen molar-refractivity contribution in [1.29, 1.82) is 0 Å². The van der Waals surface area contributed by atoms with E-state index in [0.717, 1.165) is 25.8 Å². The van der Waals surface area contributed by atoms with Crippen LogP contribution in [0.15, 0.2) is 10.7 Å². The first-order valence-corrected chi connectivity index (χ1v) is 6.73. The van der Waals surface area contributed by atoms with E-state index in [1.165, 1.54) is 0 Å². The third-order valence-electron chi connectivity index (χ3n) is 4.07. The van der Waals surface area contributed by atoms with Gasteiger partial charge < -0.3 is 14.6 Å². The number of aromatic nitrogens is 1. The first-order chi connectivity index (χ1) is 9.91. The molecule has 2 fully saturated rings. The normalized spacial score (nSPS) is 25.8. The molecule has 2 N–H and O–H groups in total. The summed E-state index contributed by atoms with van der Waals surface area (Å²) in [6.07, 6.45) is -1.47. The van der Waals surface area contributed by atoms with Crippen LogP contribution >= 0.6 is 0 Å². The molecule has 1 aromatic rings. The van der Waals surface area contributed by atoms with Crippen LogP contribution in [0.2, 0.25) is 0 Å². The van der Waals surface area contributed by atoms with Crippen LogP contribution < -0.4 is 10.6 Å². The number of halogens is 3. The average molecular weight is 304 g/mol. The zero-order valence-corrected chi connectivity index (χ0v) is 11.2. The number of carbonyl (C=O) groups excluding carboxylic acids is 1. The summed E-state index contributed by atoms with van der Waals surface area (Å²) < 4.78 is 41.9. The minimum atomic E-state index is -4.59. The summed E-state index contributed by atoms with van der Waals surface area (Å²) >= 11 is 0. The molecule has 6 nitrogen and oxygen atoms in total. The van der Waals surface area contributed by atoms with Crippen LogP contribution in [0.3, 0.4) is 0 Å². The van der Waals surface area contributed by atoms with Crippen molar-refractivity contribution in [3.8, 4) is 0 Å². The zero-order valence-electron chi connectivity index (χ0n) is 11.2. The Morgan fingerprint density at radius 2 is 2.29 bits per heavy atom. The predicted molar refractivity (Wildman–Crippen MR) is 66.7 cm³/mol. The Labute approximate surface area is 118 Å². The second-order valence-corrected chi connectivity index (χ2v) is 5.37. The Morgan fingerprint density at radius 3 is 2.90 bits per heavy atom. The van der Waals surface area contributed by atoms with E-state index in [-0.39, 0.29) is 5.54 Å². The van der Waals surface area contributed by atoms with Gasteiger partial charge in [-0.25, -0.2) is 4.79 Å². The summed E-state index contributed by atoms with van der Waals surface area (Å²) in [4.78, 5) is 17.2. The lowest BCUT2D eigenvalue weighted by atomic mass is 9.95.